The Kier molecular flexibility index (Phi) is 9.50. The van der Waals surface area contributed by atoms with Crippen LogP contribution in [0.2, 0.25) is 5.02 Å². The molecule has 2 fully saturated rings. The summed E-state index contributed by atoms with van der Waals surface area (Å²) in [6.07, 6.45) is 3.21. The third-order valence-corrected chi connectivity index (χ3v) is 9.64. The van der Waals surface area contributed by atoms with E-state index in [1.165, 1.54) is 17.8 Å². The van der Waals surface area contributed by atoms with Gasteiger partial charge in [0.1, 0.15) is 18.2 Å². The summed E-state index contributed by atoms with van der Waals surface area (Å²) in [6.45, 7) is 4.36. The Morgan fingerprint density at radius 1 is 1.07 bits per heavy atom. The van der Waals surface area contributed by atoms with E-state index in [2.05, 4.69) is 48.9 Å². The van der Waals surface area contributed by atoms with Crippen molar-refractivity contribution in [1.82, 2.24) is 34.6 Å². The monoisotopic (exact) mass is 663 g/mol. The minimum absolute atomic E-state index is 0.0806. The van der Waals surface area contributed by atoms with Gasteiger partial charge in [-0.1, -0.05) is 35.5 Å². The van der Waals surface area contributed by atoms with Crippen LogP contribution in [-0.4, -0.2) is 77.9 Å². The number of thioether (sulfide) groups is 1. The number of aliphatic hydroxyl groups excluding tert-OH is 1. The average molecular weight is 664 g/mol. The molecule has 2 aliphatic rings. The lowest BCUT2D eigenvalue weighted by Gasteiger charge is -2.32. The van der Waals surface area contributed by atoms with Crippen LogP contribution in [0.3, 0.4) is 0 Å². The van der Waals surface area contributed by atoms with Crippen LogP contribution < -0.4 is 4.74 Å². The maximum absolute atomic E-state index is 14.2. The van der Waals surface area contributed by atoms with Crippen LogP contribution in [0.5, 0.6) is 5.88 Å². The predicted octanol–water partition coefficient (Wildman–Crippen LogP) is 5.84. The topological polar surface area (TPSA) is 114 Å². The molecule has 2 saturated heterocycles. The van der Waals surface area contributed by atoms with Crippen molar-refractivity contribution in [2.45, 2.75) is 56.1 Å². The van der Waals surface area contributed by atoms with E-state index in [1.54, 1.807) is 12.1 Å². The lowest BCUT2D eigenvalue weighted by molar-refractivity contribution is -0.0592. The molecule has 0 unspecified atom stereocenters. The molecule has 5 heterocycles. The van der Waals surface area contributed by atoms with E-state index in [-0.39, 0.29) is 25.1 Å². The Morgan fingerprint density at radius 3 is 2.72 bits per heavy atom. The number of ether oxygens (including phenoxy) is 2. The van der Waals surface area contributed by atoms with E-state index < -0.39 is 0 Å². The summed E-state index contributed by atoms with van der Waals surface area (Å²) < 4.78 is 28.1. The van der Waals surface area contributed by atoms with Gasteiger partial charge in [0.05, 0.1) is 36.8 Å². The summed E-state index contributed by atoms with van der Waals surface area (Å²) in [4.78, 5) is 16.9. The Hall–Kier alpha value is -3.55. The maximum Gasteiger partial charge on any atom is 0.213 e. The van der Waals surface area contributed by atoms with Crippen LogP contribution in [0.1, 0.15) is 42.3 Å². The highest BCUT2D eigenvalue weighted by Crippen LogP contribution is 2.31. The number of rotatable bonds is 12. The Morgan fingerprint density at radius 2 is 1.93 bits per heavy atom. The van der Waals surface area contributed by atoms with Crippen molar-refractivity contribution in [2.24, 2.45) is 0 Å². The fraction of sp³-hybridized carbons (Fsp3) is 0.394. The normalized spacial score (nSPS) is 17.4. The summed E-state index contributed by atoms with van der Waals surface area (Å²) in [6, 6.07) is 16.6. The van der Waals surface area contributed by atoms with E-state index in [4.69, 9.17) is 36.1 Å². The van der Waals surface area contributed by atoms with Crippen molar-refractivity contribution in [3.8, 4) is 17.3 Å². The number of fused-ring (bicyclic) bond motifs is 1. The number of hydrogen-bond donors (Lipinski definition) is 2. The summed E-state index contributed by atoms with van der Waals surface area (Å²) in [5.74, 6) is 2.69. The van der Waals surface area contributed by atoms with Crippen molar-refractivity contribution in [3.63, 3.8) is 0 Å². The Balaban J connectivity index is 1.02. The second kappa shape index (κ2) is 14.1. The molecule has 2 aliphatic heterocycles. The van der Waals surface area contributed by atoms with E-state index in [0.717, 1.165) is 80.2 Å². The Labute approximate surface area is 275 Å². The zero-order chi connectivity index (χ0) is 31.5. The van der Waals surface area contributed by atoms with Crippen LogP contribution in [-0.2, 0) is 24.4 Å². The Bertz CT molecular complexity index is 1810. The minimum atomic E-state index is -0.386. The molecular formula is C33H35ClFN7O3S. The zero-order valence-corrected chi connectivity index (χ0v) is 26.8. The minimum Gasteiger partial charge on any atom is -0.473 e. The fourth-order valence-electron chi connectivity index (χ4n) is 5.98. The van der Waals surface area contributed by atoms with Crippen molar-refractivity contribution in [3.05, 3.63) is 82.5 Å². The van der Waals surface area contributed by atoms with Gasteiger partial charge in [0.15, 0.2) is 5.82 Å². The molecule has 1 atom stereocenters. The van der Waals surface area contributed by atoms with Gasteiger partial charge in [0, 0.05) is 46.2 Å². The van der Waals surface area contributed by atoms with Crippen molar-refractivity contribution in [2.75, 3.05) is 32.1 Å². The summed E-state index contributed by atoms with van der Waals surface area (Å²) in [5, 5.41) is 17.4. The van der Waals surface area contributed by atoms with E-state index in [1.807, 2.05) is 12.1 Å². The molecule has 0 bridgehead atoms. The number of benzene rings is 2. The molecule has 10 nitrogen and oxygen atoms in total. The first-order valence-electron chi connectivity index (χ1n) is 15.6. The molecule has 46 heavy (non-hydrogen) atoms. The van der Waals surface area contributed by atoms with Gasteiger partial charge in [-0.3, -0.25) is 10.00 Å². The molecule has 2 N–H and O–H groups in total. The zero-order valence-electron chi connectivity index (χ0n) is 25.2. The number of pyridine rings is 1. The highest BCUT2D eigenvalue weighted by atomic mass is 35.5. The first-order chi connectivity index (χ1) is 22.5. The molecule has 0 amide bonds. The van der Waals surface area contributed by atoms with Gasteiger partial charge in [-0.25, -0.2) is 19.3 Å². The molecule has 0 aliphatic carbocycles. The van der Waals surface area contributed by atoms with Crippen LogP contribution in [0.15, 0.2) is 59.8 Å². The average Bonchev–Trinajstić information content (AvgIpc) is 3.66. The van der Waals surface area contributed by atoms with Crippen LogP contribution in [0.4, 0.5) is 4.39 Å². The van der Waals surface area contributed by atoms with Gasteiger partial charge in [-0.2, -0.15) is 0 Å². The fourth-order valence-corrected chi connectivity index (χ4v) is 6.68. The summed E-state index contributed by atoms with van der Waals surface area (Å²) in [5.41, 5.74) is 4.36. The molecule has 0 saturated carbocycles. The highest BCUT2D eigenvalue weighted by Gasteiger charge is 2.26. The van der Waals surface area contributed by atoms with Gasteiger partial charge in [-0.15, -0.1) is 5.10 Å². The second-order valence-electron chi connectivity index (χ2n) is 11.6. The number of halogens is 2. The molecule has 7 rings (SSSR count). The molecule has 2 aromatic carbocycles. The van der Waals surface area contributed by atoms with Gasteiger partial charge in [0.2, 0.25) is 11.0 Å². The quantitative estimate of drug-likeness (QED) is 0.159. The van der Waals surface area contributed by atoms with Crippen molar-refractivity contribution in [1.29, 1.82) is 0 Å². The number of H-pyrrole nitrogens is 1. The van der Waals surface area contributed by atoms with Crippen molar-refractivity contribution >= 4 is 34.4 Å². The number of imidazole rings is 1. The largest absolute Gasteiger partial charge is 0.473 e. The highest BCUT2D eigenvalue weighted by molar-refractivity contribution is 7.99. The third kappa shape index (κ3) is 7.06. The number of aromatic amines is 1. The number of aliphatic hydroxyl groups is 1. The first-order valence-corrected chi connectivity index (χ1v) is 16.9. The molecular weight excluding hydrogens is 629 g/mol. The standard InChI is InChI=1S/C33H35ClFN7O3S/c34-24-6-4-23(26(35)17-24)20-45-31-3-1-2-27(37-31)21-8-11-41(12-9-21)19-30-36-28-16-22(32-38-33(40-39-32)46-15-13-43)5-7-29(28)42(30)18-25-10-14-44-25/h1-7,16-17,21,25,43H,8-15,18-20H2,(H,38,39,40)/t25-/m0/s1. The SMILES string of the molecule is OCCSc1n[nH]c(-c2ccc3c(c2)nc(CN2CCC(c4cccc(OCc5ccc(Cl)cc5F)n4)CC2)n3C[C@@H]2CCO2)n1. The van der Waals surface area contributed by atoms with Crippen LogP contribution in [0, 0.1) is 5.82 Å². The third-order valence-electron chi connectivity index (χ3n) is 8.57. The van der Waals surface area contributed by atoms with Crippen molar-refractivity contribution < 1.29 is 19.0 Å². The van der Waals surface area contributed by atoms with Gasteiger partial charge >= 0.3 is 0 Å². The summed E-state index contributed by atoms with van der Waals surface area (Å²) >= 11 is 7.29. The molecule has 240 valence electrons. The van der Waals surface area contributed by atoms with E-state index >= 15 is 0 Å². The first kappa shape index (κ1) is 31.1. The second-order valence-corrected chi connectivity index (χ2v) is 13.1. The van der Waals surface area contributed by atoms with Gasteiger partial charge in [0.25, 0.3) is 0 Å². The lowest BCUT2D eigenvalue weighted by atomic mass is 9.93. The summed E-state index contributed by atoms with van der Waals surface area (Å²) in [7, 11) is 0. The van der Waals surface area contributed by atoms with E-state index in [9.17, 15) is 4.39 Å². The molecule has 0 radical (unpaired) electrons. The molecule has 3 aromatic heterocycles. The van der Waals surface area contributed by atoms with Gasteiger partial charge in [-0.05, 0) is 68.8 Å². The van der Waals surface area contributed by atoms with Gasteiger partial charge < -0.3 is 19.1 Å². The molecule has 0 spiro atoms. The number of nitrogens with one attached hydrogen (secondary N) is 1. The van der Waals surface area contributed by atoms with Crippen LogP contribution >= 0.6 is 23.4 Å². The molecule has 13 heteroatoms. The number of aromatic nitrogens is 6. The molecule has 5 aromatic rings. The lowest BCUT2D eigenvalue weighted by Crippen LogP contribution is -2.35. The number of hydrogen-bond acceptors (Lipinski definition) is 9. The number of piperidine rings is 1. The number of likely N-dealkylation sites (tertiary alicyclic amines) is 1. The number of nitrogens with zero attached hydrogens (tertiary/aromatic N) is 6. The smallest absolute Gasteiger partial charge is 0.213 e. The maximum atomic E-state index is 14.2. The predicted molar refractivity (Wildman–Crippen MR) is 175 cm³/mol. The van der Waals surface area contributed by atoms with E-state index in [0.29, 0.717) is 39.1 Å². The van der Waals surface area contributed by atoms with Crippen LogP contribution in [0.25, 0.3) is 22.4 Å².